The molecule has 0 radical (unpaired) electrons. The minimum absolute atomic E-state index is 0.178. The van der Waals surface area contributed by atoms with Crippen LogP contribution < -0.4 is 15.0 Å². The van der Waals surface area contributed by atoms with Gasteiger partial charge in [-0.2, -0.15) is 0 Å². The number of benzene rings is 2. The van der Waals surface area contributed by atoms with Crippen molar-refractivity contribution in [3.8, 4) is 5.75 Å². The van der Waals surface area contributed by atoms with Crippen LogP contribution in [0.1, 0.15) is 18.4 Å². The SMILES string of the molecule is Cc1cc(Cl)ccc1OCCCC(=O)OCC(=O)Nc1ccc(N(C)C)cc1. The molecule has 0 unspecified atom stereocenters. The van der Waals surface area contributed by atoms with Crippen LogP contribution in [0.15, 0.2) is 42.5 Å². The van der Waals surface area contributed by atoms with Crippen LogP contribution in [-0.2, 0) is 14.3 Å². The van der Waals surface area contributed by atoms with Gasteiger partial charge in [-0.25, -0.2) is 0 Å². The molecule has 7 heteroatoms. The molecule has 0 heterocycles. The molecule has 2 aromatic carbocycles. The number of carbonyl (C=O) groups is 2. The zero-order chi connectivity index (χ0) is 20.5. The molecule has 1 amide bonds. The van der Waals surface area contributed by atoms with Crippen LogP contribution in [-0.4, -0.2) is 39.2 Å². The summed E-state index contributed by atoms with van der Waals surface area (Å²) in [6.07, 6.45) is 0.673. The van der Waals surface area contributed by atoms with E-state index in [1.165, 1.54) is 0 Å². The molecular weight excluding hydrogens is 380 g/mol. The average molecular weight is 405 g/mol. The number of rotatable bonds is 9. The fourth-order valence-corrected chi connectivity index (χ4v) is 2.66. The van der Waals surface area contributed by atoms with Gasteiger partial charge >= 0.3 is 5.97 Å². The Bertz CT molecular complexity index is 807. The average Bonchev–Trinajstić information content (AvgIpc) is 2.65. The molecule has 0 aliphatic rings. The van der Waals surface area contributed by atoms with E-state index >= 15 is 0 Å². The topological polar surface area (TPSA) is 67.9 Å². The maximum atomic E-state index is 11.9. The molecule has 2 aromatic rings. The Morgan fingerprint density at radius 2 is 1.82 bits per heavy atom. The van der Waals surface area contributed by atoms with Gasteiger partial charge in [-0.15, -0.1) is 0 Å². The molecule has 28 heavy (non-hydrogen) atoms. The van der Waals surface area contributed by atoms with Gasteiger partial charge in [0, 0.05) is 36.9 Å². The second-order valence-corrected chi connectivity index (χ2v) is 6.95. The lowest BCUT2D eigenvalue weighted by Crippen LogP contribution is -2.21. The quantitative estimate of drug-likeness (QED) is 0.504. The monoisotopic (exact) mass is 404 g/mol. The Kier molecular flexibility index (Phi) is 8.14. The molecule has 0 bridgehead atoms. The largest absolute Gasteiger partial charge is 0.493 e. The molecule has 150 valence electrons. The van der Waals surface area contributed by atoms with E-state index in [1.54, 1.807) is 24.3 Å². The summed E-state index contributed by atoms with van der Waals surface area (Å²) < 4.78 is 10.6. The number of hydrogen-bond acceptors (Lipinski definition) is 5. The van der Waals surface area contributed by atoms with Crippen molar-refractivity contribution in [2.75, 3.05) is 37.5 Å². The summed E-state index contributed by atoms with van der Waals surface area (Å²) in [5.41, 5.74) is 2.61. The predicted octanol–water partition coefficient (Wildman–Crippen LogP) is 4.06. The van der Waals surface area contributed by atoms with Crippen LogP contribution in [0.2, 0.25) is 5.02 Å². The Morgan fingerprint density at radius 3 is 2.46 bits per heavy atom. The zero-order valence-corrected chi connectivity index (χ0v) is 17.1. The summed E-state index contributed by atoms with van der Waals surface area (Å²) in [7, 11) is 3.88. The molecule has 6 nitrogen and oxygen atoms in total. The molecule has 0 saturated heterocycles. The first-order valence-electron chi connectivity index (χ1n) is 8.97. The minimum Gasteiger partial charge on any atom is -0.493 e. The minimum atomic E-state index is -0.436. The molecule has 0 aliphatic carbocycles. The Morgan fingerprint density at radius 1 is 1.11 bits per heavy atom. The molecule has 1 N–H and O–H groups in total. The normalized spacial score (nSPS) is 10.3. The number of hydrogen-bond donors (Lipinski definition) is 1. The van der Waals surface area contributed by atoms with E-state index in [0.29, 0.717) is 23.7 Å². The third kappa shape index (κ3) is 7.12. The van der Waals surface area contributed by atoms with E-state index < -0.39 is 5.97 Å². The van der Waals surface area contributed by atoms with Gasteiger partial charge in [0.2, 0.25) is 0 Å². The summed E-state index contributed by atoms with van der Waals surface area (Å²) in [6, 6.07) is 12.7. The molecule has 2 rings (SSSR count). The van der Waals surface area contributed by atoms with Crippen molar-refractivity contribution in [2.24, 2.45) is 0 Å². The summed E-state index contributed by atoms with van der Waals surface area (Å²) in [5.74, 6) is -0.0778. The molecule has 0 aromatic heterocycles. The maximum absolute atomic E-state index is 11.9. The molecule has 0 spiro atoms. The summed E-state index contributed by atoms with van der Waals surface area (Å²) in [6.45, 7) is 1.97. The Hall–Kier alpha value is -2.73. The molecular formula is C21H25ClN2O4. The standard InChI is InChI=1S/C21H25ClN2O4/c1-15-13-16(22)6-11-19(15)27-12-4-5-21(26)28-14-20(25)23-17-7-9-18(10-8-17)24(2)3/h6-11,13H,4-5,12,14H2,1-3H3,(H,23,25). The Labute approximate surface area is 170 Å². The number of nitrogens with zero attached hydrogens (tertiary/aromatic N) is 1. The number of aryl methyl sites for hydroxylation is 1. The van der Waals surface area contributed by atoms with Gasteiger partial charge in [0.1, 0.15) is 5.75 Å². The van der Waals surface area contributed by atoms with Crippen LogP contribution in [0.3, 0.4) is 0 Å². The van der Waals surface area contributed by atoms with E-state index in [1.807, 2.05) is 44.1 Å². The zero-order valence-electron chi connectivity index (χ0n) is 16.3. The van der Waals surface area contributed by atoms with Crippen molar-refractivity contribution >= 4 is 34.9 Å². The molecule has 0 saturated carbocycles. The smallest absolute Gasteiger partial charge is 0.306 e. The van der Waals surface area contributed by atoms with Crippen LogP contribution in [0.5, 0.6) is 5.75 Å². The van der Waals surface area contributed by atoms with Gasteiger partial charge in [0.25, 0.3) is 5.91 Å². The first kappa shape index (κ1) is 21.6. The second kappa shape index (κ2) is 10.6. The highest BCUT2D eigenvalue weighted by molar-refractivity contribution is 6.30. The highest BCUT2D eigenvalue weighted by Crippen LogP contribution is 2.22. The number of carbonyl (C=O) groups excluding carboxylic acids is 2. The number of amides is 1. The van der Waals surface area contributed by atoms with Crippen LogP contribution >= 0.6 is 11.6 Å². The molecule has 0 fully saturated rings. The lowest BCUT2D eigenvalue weighted by Gasteiger charge is -2.13. The molecule has 0 aliphatic heterocycles. The van der Waals surface area contributed by atoms with Crippen molar-refractivity contribution in [3.63, 3.8) is 0 Å². The fraction of sp³-hybridized carbons (Fsp3) is 0.333. The van der Waals surface area contributed by atoms with Gasteiger partial charge in [-0.05, 0) is 61.4 Å². The highest BCUT2D eigenvalue weighted by Gasteiger charge is 2.09. The van der Waals surface area contributed by atoms with Crippen molar-refractivity contribution in [1.29, 1.82) is 0 Å². The third-order valence-electron chi connectivity index (χ3n) is 3.95. The van der Waals surface area contributed by atoms with E-state index in [2.05, 4.69) is 5.32 Å². The van der Waals surface area contributed by atoms with Crippen LogP contribution in [0.4, 0.5) is 11.4 Å². The summed E-state index contributed by atoms with van der Waals surface area (Å²) in [4.78, 5) is 25.6. The van der Waals surface area contributed by atoms with E-state index in [4.69, 9.17) is 21.1 Å². The Balaban J connectivity index is 1.64. The van der Waals surface area contributed by atoms with Gasteiger partial charge in [0.15, 0.2) is 6.61 Å². The van der Waals surface area contributed by atoms with Gasteiger partial charge < -0.3 is 19.7 Å². The number of nitrogens with one attached hydrogen (secondary N) is 1. The number of anilines is 2. The van der Waals surface area contributed by atoms with Crippen molar-refractivity contribution < 1.29 is 19.1 Å². The predicted molar refractivity (Wildman–Crippen MR) is 111 cm³/mol. The number of ether oxygens (including phenoxy) is 2. The van der Waals surface area contributed by atoms with Crippen LogP contribution in [0.25, 0.3) is 0 Å². The summed E-state index contributed by atoms with van der Waals surface area (Å²) >= 11 is 5.90. The third-order valence-corrected chi connectivity index (χ3v) is 4.19. The second-order valence-electron chi connectivity index (χ2n) is 6.51. The lowest BCUT2D eigenvalue weighted by molar-refractivity contribution is -0.147. The molecule has 0 atom stereocenters. The first-order chi connectivity index (χ1) is 13.3. The first-order valence-corrected chi connectivity index (χ1v) is 9.35. The maximum Gasteiger partial charge on any atom is 0.306 e. The van der Waals surface area contributed by atoms with E-state index in [9.17, 15) is 9.59 Å². The van der Waals surface area contributed by atoms with Gasteiger partial charge in [-0.1, -0.05) is 11.6 Å². The number of esters is 1. The summed E-state index contributed by atoms with van der Waals surface area (Å²) in [5, 5.41) is 3.35. The van der Waals surface area contributed by atoms with E-state index in [0.717, 1.165) is 17.0 Å². The van der Waals surface area contributed by atoms with E-state index in [-0.39, 0.29) is 18.9 Å². The highest BCUT2D eigenvalue weighted by atomic mass is 35.5. The van der Waals surface area contributed by atoms with Gasteiger partial charge in [-0.3, -0.25) is 9.59 Å². The van der Waals surface area contributed by atoms with Gasteiger partial charge in [0.05, 0.1) is 6.61 Å². The van der Waals surface area contributed by atoms with Crippen molar-refractivity contribution in [2.45, 2.75) is 19.8 Å². The fourth-order valence-electron chi connectivity index (χ4n) is 2.43. The lowest BCUT2D eigenvalue weighted by atomic mass is 10.2. The van der Waals surface area contributed by atoms with Crippen molar-refractivity contribution in [3.05, 3.63) is 53.1 Å². The van der Waals surface area contributed by atoms with Crippen molar-refractivity contribution in [1.82, 2.24) is 0 Å². The van der Waals surface area contributed by atoms with Crippen LogP contribution in [0, 0.1) is 6.92 Å². The number of halogens is 1.